The Kier molecular flexibility index (Phi) is 5.81. The first kappa shape index (κ1) is 17.9. The van der Waals surface area contributed by atoms with Gasteiger partial charge < -0.3 is 10.6 Å². The maximum absolute atomic E-state index is 12.4. The molecule has 0 saturated carbocycles. The van der Waals surface area contributed by atoms with E-state index in [-0.39, 0.29) is 5.91 Å². The normalized spacial score (nSPS) is 10.4. The number of carbonyl (C=O) groups is 1. The fourth-order valence-electron chi connectivity index (χ4n) is 2.45. The second-order valence-electron chi connectivity index (χ2n) is 5.83. The van der Waals surface area contributed by atoms with Crippen molar-refractivity contribution in [2.75, 3.05) is 5.32 Å². The number of hydrogen-bond donors (Lipinski definition) is 2. The van der Waals surface area contributed by atoms with Crippen molar-refractivity contribution in [1.82, 2.24) is 15.3 Å². The van der Waals surface area contributed by atoms with Crippen molar-refractivity contribution in [3.63, 3.8) is 0 Å². The van der Waals surface area contributed by atoms with Crippen LogP contribution in [0.1, 0.15) is 27.3 Å². The minimum Gasteiger partial charge on any atom is -0.350 e. The molecule has 1 amide bonds. The van der Waals surface area contributed by atoms with E-state index in [1.54, 1.807) is 6.07 Å². The third-order valence-electron chi connectivity index (χ3n) is 3.78. The Morgan fingerprint density at radius 2 is 1.73 bits per heavy atom. The molecule has 0 fully saturated rings. The van der Waals surface area contributed by atoms with Crippen molar-refractivity contribution in [3.8, 4) is 0 Å². The van der Waals surface area contributed by atoms with E-state index >= 15 is 0 Å². The van der Waals surface area contributed by atoms with Crippen molar-refractivity contribution < 1.29 is 4.79 Å². The molecule has 0 aliphatic heterocycles. The number of benzene rings is 2. The third kappa shape index (κ3) is 4.80. The van der Waals surface area contributed by atoms with Gasteiger partial charge in [0, 0.05) is 23.8 Å². The summed E-state index contributed by atoms with van der Waals surface area (Å²) in [5.41, 5.74) is 3.01. The topological polar surface area (TPSA) is 66.9 Å². The predicted octanol–water partition coefficient (Wildman–Crippen LogP) is 3.98. The van der Waals surface area contributed by atoms with Gasteiger partial charge in [-0.25, -0.2) is 9.97 Å². The highest BCUT2D eigenvalue weighted by atomic mass is 35.5. The first-order valence-corrected chi connectivity index (χ1v) is 8.65. The standard InChI is InChI=1S/C20H19ClN4O/c1-14-11-18(19(26)22-12-15-7-3-2-4-8-15)25-20(24-14)23-13-16-9-5-6-10-17(16)21/h2-11H,12-13H2,1H3,(H,22,26)(H,23,24,25). The summed E-state index contributed by atoms with van der Waals surface area (Å²) in [6, 6.07) is 19.0. The van der Waals surface area contributed by atoms with Crippen molar-refractivity contribution in [2.45, 2.75) is 20.0 Å². The predicted molar refractivity (Wildman–Crippen MR) is 103 cm³/mol. The second-order valence-corrected chi connectivity index (χ2v) is 6.24. The van der Waals surface area contributed by atoms with Gasteiger partial charge in [-0.2, -0.15) is 0 Å². The zero-order valence-electron chi connectivity index (χ0n) is 14.4. The highest BCUT2D eigenvalue weighted by Crippen LogP contribution is 2.16. The maximum Gasteiger partial charge on any atom is 0.270 e. The van der Waals surface area contributed by atoms with Gasteiger partial charge >= 0.3 is 0 Å². The van der Waals surface area contributed by atoms with Gasteiger partial charge in [-0.05, 0) is 30.2 Å². The Labute approximate surface area is 157 Å². The lowest BCUT2D eigenvalue weighted by Crippen LogP contribution is -2.24. The van der Waals surface area contributed by atoms with E-state index in [2.05, 4.69) is 20.6 Å². The number of hydrogen-bond acceptors (Lipinski definition) is 4. The Morgan fingerprint density at radius 3 is 2.50 bits per heavy atom. The second kappa shape index (κ2) is 8.45. The van der Waals surface area contributed by atoms with Crippen molar-refractivity contribution in [2.24, 2.45) is 0 Å². The van der Waals surface area contributed by atoms with Gasteiger partial charge in [0.1, 0.15) is 5.69 Å². The lowest BCUT2D eigenvalue weighted by Gasteiger charge is -2.10. The summed E-state index contributed by atoms with van der Waals surface area (Å²) in [5, 5.41) is 6.67. The molecule has 2 aromatic carbocycles. The van der Waals surface area contributed by atoms with Gasteiger partial charge in [0.25, 0.3) is 5.91 Å². The zero-order valence-corrected chi connectivity index (χ0v) is 15.1. The molecule has 1 heterocycles. The molecular formula is C20H19ClN4O. The van der Waals surface area contributed by atoms with Gasteiger partial charge in [0.2, 0.25) is 5.95 Å². The molecule has 26 heavy (non-hydrogen) atoms. The summed E-state index contributed by atoms with van der Waals surface area (Å²) in [4.78, 5) is 21.0. The van der Waals surface area contributed by atoms with E-state index in [9.17, 15) is 4.79 Å². The molecule has 0 aliphatic carbocycles. The first-order chi connectivity index (χ1) is 12.6. The van der Waals surface area contributed by atoms with Crippen molar-refractivity contribution in [3.05, 3.63) is 88.2 Å². The number of aromatic nitrogens is 2. The number of nitrogens with one attached hydrogen (secondary N) is 2. The number of nitrogens with zero attached hydrogens (tertiary/aromatic N) is 2. The molecule has 3 aromatic rings. The van der Waals surface area contributed by atoms with Gasteiger partial charge in [-0.1, -0.05) is 60.1 Å². The van der Waals surface area contributed by atoms with Gasteiger partial charge in [-0.15, -0.1) is 0 Å². The highest BCUT2D eigenvalue weighted by Gasteiger charge is 2.11. The fraction of sp³-hybridized carbons (Fsp3) is 0.150. The van der Waals surface area contributed by atoms with E-state index in [1.165, 1.54) is 0 Å². The molecule has 0 aliphatic rings. The lowest BCUT2D eigenvalue weighted by atomic mass is 10.2. The molecule has 0 bridgehead atoms. The fourth-order valence-corrected chi connectivity index (χ4v) is 2.65. The van der Waals surface area contributed by atoms with Crippen LogP contribution in [0.25, 0.3) is 0 Å². The number of aryl methyl sites for hydroxylation is 1. The van der Waals surface area contributed by atoms with Crippen LogP contribution in [0.4, 0.5) is 5.95 Å². The van der Waals surface area contributed by atoms with E-state index in [0.717, 1.165) is 11.1 Å². The third-order valence-corrected chi connectivity index (χ3v) is 4.15. The Hall–Kier alpha value is -2.92. The van der Waals surface area contributed by atoms with Crippen LogP contribution in [0.2, 0.25) is 5.02 Å². The minimum atomic E-state index is -0.236. The monoisotopic (exact) mass is 366 g/mol. The van der Waals surface area contributed by atoms with Crippen LogP contribution in [0.5, 0.6) is 0 Å². The van der Waals surface area contributed by atoms with Crippen LogP contribution in [0.15, 0.2) is 60.7 Å². The average Bonchev–Trinajstić information content (AvgIpc) is 2.66. The van der Waals surface area contributed by atoms with Crippen LogP contribution in [-0.4, -0.2) is 15.9 Å². The molecule has 132 valence electrons. The summed E-state index contributed by atoms with van der Waals surface area (Å²) in [7, 11) is 0. The molecule has 0 radical (unpaired) electrons. The number of amides is 1. The Bertz CT molecular complexity index is 899. The number of anilines is 1. The van der Waals surface area contributed by atoms with Gasteiger partial charge in [0.05, 0.1) is 0 Å². The van der Waals surface area contributed by atoms with Gasteiger partial charge in [-0.3, -0.25) is 4.79 Å². The smallest absolute Gasteiger partial charge is 0.270 e. The van der Waals surface area contributed by atoms with Crippen LogP contribution in [0.3, 0.4) is 0 Å². The van der Waals surface area contributed by atoms with Crippen LogP contribution >= 0.6 is 11.6 Å². The number of rotatable bonds is 6. The molecule has 3 rings (SSSR count). The Balaban J connectivity index is 1.67. The van der Waals surface area contributed by atoms with E-state index < -0.39 is 0 Å². The highest BCUT2D eigenvalue weighted by molar-refractivity contribution is 6.31. The van der Waals surface area contributed by atoms with Crippen LogP contribution in [-0.2, 0) is 13.1 Å². The summed E-state index contributed by atoms with van der Waals surface area (Å²) in [6.45, 7) is 2.76. The molecule has 6 heteroatoms. The average molecular weight is 367 g/mol. The maximum atomic E-state index is 12.4. The molecule has 0 unspecified atom stereocenters. The number of halogens is 1. The minimum absolute atomic E-state index is 0.236. The van der Waals surface area contributed by atoms with Crippen molar-refractivity contribution >= 4 is 23.5 Å². The molecule has 2 N–H and O–H groups in total. The first-order valence-electron chi connectivity index (χ1n) is 8.27. The lowest BCUT2D eigenvalue weighted by molar-refractivity contribution is 0.0945. The molecule has 1 aromatic heterocycles. The Morgan fingerprint density at radius 1 is 1.00 bits per heavy atom. The summed E-state index contributed by atoms with van der Waals surface area (Å²) >= 11 is 6.16. The molecule has 0 atom stereocenters. The summed E-state index contributed by atoms with van der Waals surface area (Å²) in [6.07, 6.45) is 0. The molecule has 0 saturated heterocycles. The quantitative estimate of drug-likeness (QED) is 0.692. The largest absolute Gasteiger partial charge is 0.350 e. The van der Waals surface area contributed by atoms with Crippen LogP contribution < -0.4 is 10.6 Å². The van der Waals surface area contributed by atoms with Crippen molar-refractivity contribution in [1.29, 1.82) is 0 Å². The molecule has 5 nitrogen and oxygen atoms in total. The van der Waals surface area contributed by atoms with E-state index in [4.69, 9.17) is 11.6 Å². The molecular weight excluding hydrogens is 348 g/mol. The SMILES string of the molecule is Cc1cc(C(=O)NCc2ccccc2)nc(NCc2ccccc2Cl)n1. The summed E-state index contributed by atoms with van der Waals surface area (Å²) in [5.74, 6) is 0.162. The number of carbonyl (C=O) groups excluding carboxylic acids is 1. The van der Waals surface area contributed by atoms with E-state index in [0.29, 0.717) is 35.4 Å². The molecule has 0 spiro atoms. The summed E-state index contributed by atoms with van der Waals surface area (Å²) < 4.78 is 0. The van der Waals surface area contributed by atoms with Crippen LogP contribution in [0, 0.1) is 6.92 Å². The van der Waals surface area contributed by atoms with E-state index in [1.807, 2.05) is 61.5 Å². The zero-order chi connectivity index (χ0) is 18.4. The van der Waals surface area contributed by atoms with Gasteiger partial charge in [0.15, 0.2) is 0 Å².